The van der Waals surface area contributed by atoms with E-state index in [9.17, 15) is 5.11 Å². The van der Waals surface area contributed by atoms with Crippen molar-refractivity contribution in [2.24, 2.45) is 0 Å². The van der Waals surface area contributed by atoms with Crippen molar-refractivity contribution in [1.29, 1.82) is 0 Å². The topological polar surface area (TPSA) is 58.9 Å². The minimum Gasteiger partial charge on any atom is -0.394 e. The van der Waals surface area contributed by atoms with E-state index in [0.29, 0.717) is 6.61 Å². The predicted molar refractivity (Wildman–Crippen MR) is 33.6 cm³/mol. The Morgan fingerprint density at radius 1 is 1.70 bits per heavy atom. The maximum atomic E-state index is 9.24. The van der Waals surface area contributed by atoms with Gasteiger partial charge in [-0.25, -0.2) is 0 Å². The zero-order valence-corrected chi connectivity index (χ0v) is 5.86. The van der Waals surface area contributed by atoms with Crippen LogP contribution in [0.15, 0.2) is 0 Å². The lowest BCUT2D eigenvalue weighted by Gasteiger charge is -2.13. The number of rotatable bonds is 2. The van der Waals surface area contributed by atoms with Gasteiger partial charge in [-0.2, -0.15) is 0 Å². The minimum absolute atomic E-state index is 0.152. The van der Waals surface area contributed by atoms with Gasteiger partial charge in [-0.05, 0) is 0 Å². The third-order valence-electron chi connectivity index (χ3n) is 1.72. The highest BCUT2D eigenvalue weighted by atomic mass is 16.6. The second kappa shape index (κ2) is 3.30. The highest BCUT2D eigenvalue weighted by Gasteiger charge is 2.35. The largest absolute Gasteiger partial charge is 0.394 e. The molecule has 0 aliphatic carbocycles. The first kappa shape index (κ1) is 7.94. The molecule has 0 aromatic carbocycles. The van der Waals surface area contributed by atoms with Gasteiger partial charge in [0.05, 0.1) is 13.2 Å². The summed E-state index contributed by atoms with van der Waals surface area (Å²) in [5.74, 6) is 0. The van der Waals surface area contributed by atoms with E-state index >= 15 is 0 Å². The average molecular weight is 148 g/mol. The molecule has 3 atom stereocenters. The molecule has 0 radical (unpaired) electrons. The van der Waals surface area contributed by atoms with Crippen molar-refractivity contribution in [3.63, 3.8) is 0 Å². The molecule has 1 heterocycles. The normalized spacial score (nSPS) is 40.5. The van der Waals surface area contributed by atoms with Gasteiger partial charge in [0.1, 0.15) is 18.3 Å². The first-order chi connectivity index (χ1) is 4.79. The van der Waals surface area contributed by atoms with Crippen LogP contribution in [-0.2, 0) is 9.47 Å². The van der Waals surface area contributed by atoms with Gasteiger partial charge >= 0.3 is 0 Å². The Kier molecular flexibility index (Phi) is 2.62. The third kappa shape index (κ3) is 1.29. The fourth-order valence-electron chi connectivity index (χ4n) is 1.02. The molecule has 0 amide bonds. The summed E-state index contributed by atoms with van der Waals surface area (Å²) >= 11 is 0. The molecule has 1 rings (SSSR count). The SMILES string of the molecule is COC1COC(CO)C1O. The number of ether oxygens (including phenoxy) is 2. The lowest BCUT2D eigenvalue weighted by molar-refractivity contribution is -0.0141. The van der Waals surface area contributed by atoms with Crippen molar-refractivity contribution in [1.82, 2.24) is 0 Å². The highest BCUT2D eigenvalue weighted by molar-refractivity contribution is 4.83. The van der Waals surface area contributed by atoms with Gasteiger partial charge < -0.3 is 19.7 Å². The summed E-state index contributed by atoms with van der Waals surface area (Å²) in [4.78, 5) is 0. The zero-order chi connectivity index (χ0) is 7.56. The smallest absolute Gasteiger partial charge is 0.111 e. The maximum Gasteiger partial charge on any atom is 0.111 e. The molecule has 4 heteroatoms. The Labute approximate surface area is 59.4 Å². The Morgan fingerprint density at radius 2 is 2.40 bits per heavy atom. The Hall–Kier alpha value is -0.160. The zero-order valence-electron chi connectivity index (χ0n) is 5.86. The second-order valence-corrected chi connectivity index (χ2v) is 2.32. The van der Waals surface area contributed by atoms with Gasteiger partial charge in [0.25, 0.3) is 0 Å². The molecule has 0 aromatic rings. The second-order valence-electron chi connectivity index (χ2n) is 2.32. The van der Waals surface area contributed by atoms with Crippen LogP contribution in [0.4, 0.5) is 0 Å². The lowest BCUT2D eigenvalue weighted by Crippen LogP contribution is -2.33. The van der Waals surface area contributed by atoms with E-state index in [1.54, 1.807) is 0 Å². The fraction of sp³-hybridized carbons (Fsp3) is 1.00. The van der Waals surface area contributed by atoms with E-state index in [-0.39, 0.29) is 12.7 Å². The number of aliphatic hydroxyl groups excluding tert-OH is 2. The highest BCUT2D eigenvalue weighted by Crippen LogP contribution is 2.15. The third-order valence-corrected chi connectivity index (χ3v) is 1.72. The standard InChI is InChI=1S/C6H12O4/c1-9-5-3-10-4(2-7)6(5)8/h4-8H,2-3H2,1H3. The summed E-state index contributed by atoms with van der Waals surface area (Å²) < 4.78 is 9.86. The molecule has 0 bridgehead atoms. The molecular weight excluding hydrogens is 136 g/mol. The van der Waals surface area contributed by atoms with Crippen LogP contribution >= 0.6 is 0 Å². The minimum atomic E-state index is -0.685. The van der Waals surface area contributed by atoms with Crippen LogP contribution in [-0.4, -0.2) is 48.8 Å². The number of hydrogen-bond donors (Lipinski definition) is 2. The van der Waals surface area contributed by atoms with Gasteiger partial charge in [-0.1, -0.05) is 0 Å². The Morgan fingerprint density at radius 3 is 2.70 bits per heavy atom. The van der Waals surface area contributed by atoms with Crippen LogP contribution in [0.5, 0.6) is 0 Å². The van der Waals surface area contributed by atoms with E-state index in [1.807, 2.05) is 0 Å². The molecule has 0 spiro atoms. The molecule has 0 saturated carbocycles. The summed E-state index contributed by atoms with van der Waals surface area (Å²) in [5.41, 5.74) is 0. The summed E-state index contributed by atoms with van der Waals surface area (Å²) in [5, 5.41) is 17.8. The average Bonchev–Trinajstić information content (AvgIpc) is 2.30. The van der Waals surface area contributed by atoms with Gasteiger partial charge in [-0.15, -0.1) is 0 Å². The Bertz CT molecular complexity index is 93.9. The molecule has 1 fully saturated rings. The molecule has 1 aliphatic heterocycles. The van der Waals surface area contributed by atoms with E-state index < -0.39 is 12.2 Å². The molecule has 2 N–H and O–H groups in total. The number of methoxy groups -OCH3 is 1. The van der Waals surface area contributed by atoms with Gasteiger partial charge in [0, 0.05) is 7.11 Å². The fourth-order valence-corrected chi connectivity index (χ4v) is 1.02. The van der Waals surface area contributed by atoms with Crippen molar-refractivity contribution >= 4 is 0 Å². The molecule has 60 valence electrons. The van der Waals surface area contributed by atoms with E-state index in [4.69, 9.17) is 14.6 Å². The predicted octanol–water partition coefficient (Wildman–Crippen LogP) is -1.25. The molecule has 4 nitrogen and oxygen atoms in total. The van der Waals surface area contributed by atoms with Gasteiger partial charge in [0.2, 0.25) is 0 Å². The molecule has 1 aliphatic rings. The number of aliphatic hydroxyl groups is 2. The van der Waals surface area contributed by atoms with Gasteiger partial charge in [0.15, 0.2) is 0 Å². The van der Waals surface area contributed by atoms with Crippen molar-refractivity contribution in [3.05, 3.63) is 0 Å². The van der Waals surface area contributed by atoms with Crippen molar-refractivity contribution in [2.75, 3.05) is 20.3 Å². The molecular formula is C6H12O4. The summed E-state index contributed by atoms with van der Waals surface area (Å²) in [6, 6.07) is 0. The monoisotopic (exact) mass is 148 g/mol. The van der Waals surface area contributed by atoms with Crippen LogP contribution in [0.25, 0.3) is 0 Å². The van der Waals surface area contributed by atoms with Crippen molar-refractivity contribution in [3.8, 4) is 0 Å². The Balaban J connectivity index is 2.41. The van der Waals surface area contributed by atoms with E-state index in [2.05, 4.69) is 0 Å². The van der Waals surface area contributed by atoms with Crippen LogP contribution in [0.3, 0.4) is 0 Å². The first-order valence-electron chi connectivity index (χ1n) is 3.23. The molecule has 10 heavy (non-hydrogen) atoms. The van der Waals surface area contributed by atoms with Crippen LogP contribution < -0.4 is 0 Å². The lowest BCUT2D eigenvalue weighted by atomic mass is 10.2. The van der Waals surface area contributed by atoms with E-state index in [0.717, 1.165) is 0 Å². The maximum absolute atomic E-state index is 9.24. The van der Waals surface area contributed by atoms with Gasteiger partial charge in [-0.3, -0.25) is 0 Å². The summed E-state index contributed by atoms with van der Waals surface area (Å²) in [6.45, 7) is 0.212. The molecule has 0 aromatic heterocycles. The quantitative estimate of drug-likeness (QED) is 0.514. The van der Waals surface area contributed by atoms with Crippen LogP contribution in [0.1, 0.15) is 0 Å². The summed E-state index contributed by atoms with van der Waals surface area (Å²) in [6.07, 6.45) is -1.43. The van der Waals surface area contributed by atoms with E-state index in [1.165, 1.54) is 7.11 Å². The van der Waals surface area contributed by atoms with Crippen LogP contribution in [0.2, 0.25) is 0 Å². The number of hydrogen-bond acceptors (Lipinski definition) is 4. The first-order valence-corrected chi connectivity index (χ1v) is 3.23. The molecule has 3 unspecified atom stereocenters. The molecule has 1 saturated heterocycles. The van der Waals surface area contributed by atoms with Crippen LogP contribution in [0, 0.1) is 0 Å². The van der Waals surface area contributed by atoms with Crippen molar-refractivity contribution < 1.29 is 19.7 Å². The summed E-state index contributed by atoms with van der Waals surface area (Å²) in [7, 11) is 1.51. The van der Waals surface area contributed by atoms with Crippen molar-refractivity contribution in [2.45, 2.75) is 18.3 Å².